The summed E-state index contributed by atoms with van der Waals surface area (Å²) >= 11 is 1.59. The van der Waals surface area contributed by atoms with Crippen LogP contribution in [0.15, 0.2) is 46.6 Å². The molecule has 4 aromatic rings. The molecule has 1 aliphatic rings. The van der Waals surface area contributed by atoms with Crippen molar-refractivity contribution in [3.8, 4) is 11.4 Å². The number of rotatable bonds is 4. The first-order valence-corrected chi connectivity index (χ1v) is 11.0. The Morgan fingerprint density at radius 3 is 2.69 bits per heavy atom. The molecular weight excluding hydrogens is 441 g/mol. The lowest BCUT2D eigenvalue weighted by Crippen LogP contribution is -2.47. The highest BCUT2D eigenvalue weighted by Crippen LogP contribution is 2.32. The van der Waals surface area contributed by atoms with E-state index in [9.17, 15) is 13.2 Å². The predicted octanol–water partition coefficient (Wildman–Crippen LogP) is 4.64. The van der Waals surface area contributed by atoms with Gasteiger partial charge in [0.25, 0.3) is 0 Å². The Morgan fingerprint density at radius 2 is 1.91 bits per heavy atom. The summed E-state index contributed by atoms with van der Waals surface area (Å²) in [7, 11) is 0. The zero-order valence-electron chi connectivity index (χ0n) is 17.1. The zero-order chi connectivity index (χ0) is 22.3. The van der Waals surface area contributed by atoms with E-state index < -0.39 is 11.7 Å². The van der Waals surface area contributed by atoms with E-state index in [0.717, 1.165) is 54.3 Å². The van der Waals surface area contributed by atoms with Crippen LogP contribution in [-0.4, -0.2) is 51.2 Å². The lowest BCUT2D eigenvalue weighted by Gasteiger charge is -2.37. The van der Waals surface area contributed by atoms with Crippen molar-refractivity contribution in [3.05, 3.63) is 53.5 Å². The molecular formula is C21H19F3N6OS. The summed E-state index contributed by atoms with van der Waals surface area (Å²) in [5.74, 6) is 1.47. The molecule has 7 nitrogen and oxygen atoms in total. The average Bonchev–Trinajstić information content (AvgIpc) is 3.48. The van der Waals surface area contributed by atoms with Crippen LogP contribution in [-0.2, 0) is 6.18 Å². The number of benzene rings is 1. The molecule has 0 aliphatic carbocycles. The smallest absolute Gasteiger partial charge is 0.353 e. The van der Waals surface area contributed by atoms with Crippen LogP contribution < -0.4 is 4.90 Å². The van der Waals surface area contributed by atoms with Crippen LogP contribution in [0, 0.1) is 0 Å². The summed E-state index contributed by atoms with van der Waals surface area (Å²) in [4.78, 5) is 18.6. The number of anilines is 1. The summed E-state index contributed by atoms with van der Waals surface area (Å²) in [6.45, 7) is 5.04. The van der Waals surface area contributed by atoms with Crippen LogP contribution in [0.1, 0.15) is 24.4 Å². The number of aromatic nitrogens is 4. The second kappa shape index (κ2) is 8.14. The third-order valence-corrected chi connectivity index (χ3v) is 6.47. The van der Waals surface area contributed by atoms with E-state index in [1.807, 2.05) is 18.4 Å². The van der Waals surface area contributed by atoms with E-state index in [1.54, 1.807) is 23.7 Å². The summed E-state index contributed by atoms with van der Waals surface area (Å²) in [5, 5.41) is 6.98. The van der Waals surface area contributed by atoms with Crippen molar-refractivity contribution < 1.29 is 17.7 Å². The quantitative estimate of drug-likeness (QED) is 0.439. The maximum absolute atomic E-state index is 13.0. The van der Waals surface area contributed by atoms with Crippen molar-refractivity contribution in [2.45, 2.75) is 19.1 Å². The van der Waals surface area contributed by atoms with Gasteiger partial charge in [-0.3, -0.25) is 4.90 Å². The molecule has 0 spiro atoms. The number of fused-ring (bicyclic) bond motifs is 1. The van der Waals surface area contributed by atoms with Gasteiger partial charge >= 0.3 is 6.18 Å². The van der Waals surface area contributed by atoms with Crippen LogP contribution in [0.3, 0.4) is 0 Å². The van der Waals surface area contributed by atoms with Gasteiger partial charge in [-0.2, -0.15) is 18.2 Å². The van der Waals surface area contributed by atoms with Gasteiger partial charge in [-0.1, -0.05) is 17.3 Å². The second-order valence-electron chi connectivity index (χ2n) is 7.57. The molecule has 1 saturated heterocycles. The Morgan fingerprint density at radius 1 is 1.09 bits per heavy atom. The van der Waals surface area contributed by atoms with Gasteiger partial charge in [0, 0.05) is 31.7 Å². The van der Waals surface area contributed by atoms with Crippen molar-refractivity contribution in [1.29, 1.82) is 0 Å². The highest BCUT2D eigenvalue weighted by atomic mass is 32.1. The normalized spacial score (nSPS) is 16.6. The number of piperazine rings is 1. The van der Waals surface area contributed by atoms with Crippen molar-refractivity contribution in [2.75, 3.05) is 31.1 Å². The van der Waals surface area contributed by atoms with E-state index in [2.05, 4.69) is 29.9 Å². The molecule has 0 saturated carbocycles. The molecule has 1 unspecified atom stereocenters. The van der Waals surface area contributed by atoms with Gasteiger partial charge in [-0.15, -0.1) is 11.3 Å². The van der Waals surface area contributed by atoms with Crippen LogP contribution in [0.25, 0.3) is 21.6 Å². The highest BCUT2D eigenvalue weighted by Gasteiger charge is 2.31. The summed E-state index contributed by atoms with van der Waals surface area (Å²) in [5.41, 5.74) is -0.467. The van der Waals surface area contributed by atoms with Crippen molar-refractivity contribution in [1.82, 2.24) is 25.0 Å². The number of thiophene rings is 1. The van der Waals surface area contributed by atoms with Crippen molar-refractivity contribution in [3.63, 3.8) is 0 Å². The fourth-order valence-electron chi connectivity index (χ4n) is 3.86. The minimum Gasteiger partial charge on any atom is -0.353 e. The zero-order valence-corrected chi connectivity index (χ0v) is 17.9. The monoisotopic (exact) mass is 460 g/mol. The van der Waals surface area contributed by atoms with E-state index in [4.69, 9.17) is 4.52 Å². The maximum Gasteiger partial charge on any atom is 0.416 e. The molecule has 166 valence electrons. The number of alkyl halides is 3. The minimum absolute atomic E-state index is 0.150. The van der Waals surface area contributed by atoms with E-state index in [-0.39, 0.29) is 17.4 Å². The third kappa shape index (κ3) is 3.93. The van der Waals surface area contributed by atoms with Gasteiger partial charge in [0.1, 0.15) is 17.0 Å². The largest absolute Gasteiger partial charge is 0.416 e. The van der Waals surface area contributed by atoms with Crippen molar-refractivity contribution >= 4 is 27.4 Å². The average molecular weight is 460 g/mol. The van der Waals surface area contributed by atoms with Crippen LogP contribution >= 0.6 is 11.3 Å². The molecule has 3 aromatic heterocycles. The predicted molar refractivity (Wildman–Crippen MR) is 114 cm³/mol. The Balaban J connectivity index is 1.28. The summed E-state index contributed by atoms with van der Waals surface area (Å²) < 4.78 is 44.4. The number of halogens is 3. The molecule has 1 aromatic carbocycles. The Hall–Kier alpha value is -3.05. The molecule has 1 fully saturated rings. The Bertz CT molecular complexity index is 1230. The molecule has 0 N–H and O–H groups in total. The molecule has 0 radical (unpaired) electrons. The molecule has 32 heavy (non-hydrogen) atoms. The Labute approximate surface area is 185 Å². The second-order valence-corrected chi connectivity index (χ2v) is 8.47. The standard InChI is InChI=1S/C21H19F3N6OS/c1-13(19-27-17(28-31-19)14-3-2-4-15(11-14)21(22,23)24)29-6-8-30(9-7-29)18-16-5-10-32-20(16)26-12-25-18/h2-5,10-13H,6-9H2,1H3. The van der Waals surface area contributed by atoms with E-state index in [0.29, 0.717) is 5.89 Å². The van der Waals surface area contributed by atoms with Gasteiger partial charge in [0.05, 0.1) is 17.0 Å². The Kier molecular flexibility index (Phi) is 5.30. The molecule has 0 bridgehead atoms. The van der Waals surface area contributed by atoms with E-state index >= 15 is 0 Å². The molecule has 4 heterocycles. The lowest BCUT2D eigenvalue weighted by atomic mass is 10.1. The number of hydrogen-bond donors (Lipinski definition) is 0. The molecule has 1 aliphatic heterocycles. The van der Waals surface area contributed by atoms with Gasteiger partial charge < -0.3 is 9.42 Å². The number of nitrogens with zero attached hydrogens (tertiary/aromatic N) is 6. The van der Waals surface area contributed by atoms with Gasteiger partial charge in [-0.05, 0) is 30.5 Å². The maximum atomic E-state index is 13.0. The van der Waals surface area contributed by atoms with Crippen LogP contribution in [0.2, 0.25) is 0 Å². The topological polar surface area (TPSA) is 71.2 Å². The van der Waals surface area contributed by atoms with Crippen LogP contribution in [0.5, 0.6) is 0 Å². The molecule has 5 rings (SSSR count). The molecule has 11 heteroatoms. The third-order valence-electron chi connectivity index (χ3n) is 5.65. The highest BCUT2D eigenvalue weighted by molar-refractivity contribution is 7.16. The van der Waals surface area contributed by atoms with Crippen LogP contribution in [0.4, 0.5) is 19.0 Å². The van der Waals surface area contributed by atoms with E-state index in [1.165, 1.54) is 6.07 Å². The van der Waals surface area contributed by atoms with Crippen molar-refractivity contribution in [2.24, 2.45) is 0 Å². The lowest BCUT2D eigenvalue weighted by molar-refractivity contribution is -0.137. The summed E-state index contributed by atoms with van der Waals surface area (Å²) in [6, 6.07) is 6.82. The summed E-state index contributed by atoms with van der Waals surface area (Å²) in [6.07, 6.45) is -2.83. The van der Waals surface area contributed by atoms with Gasteiger partial charge in [0.2, 0.25) is 11.7 Å². The number of hydrogen-bond acceptors (Lipinski definition) is 8. The molecule has 0 amide bonds. The van der Waals surface area contributed by atoms with Gasteiger partial charge in [-0.25, -0.2) is 9.97 Å². The first-order valence-electron chi connectivity index (χ1n) is 10.1. The first kappa shape index (κ1) is 20.8. The fourth-order valence-corrected chi connectivity index (χ4v) is 4.59. The first-order chi connectivity index (χ1) is 15.4. The SMILES string of the molecule is CC(c1nc(-c2cccc(C(F)(F)F)c2)no1)N1CCN(c2ncnc3sccc23)CC1. The fraction of sp³-hybridized carbons (Fsp3) is 0.333. The molecule has 1 atom stereocenters. The minimum atomic E-state index is -4.42. The van der Waals surface area contributed by atoms with Gasteiger partial charge in [0.15, 0.2) is 0 Å².